The molecule has 0 heterocycles. The van der Waals surface area contributed by atoms with Crippen LogP contribution in [-0.4, -0.2) is 37.0 Å². The molecule has 2 atom stereocenters. The number of rotatable bonds is 11. The summed E-state index contributed by atoms with van der Waals surface area (Å²) in [4.78, 5) is 37.3. The molecule has 0 unspecified atom stereocenters. The Balaban J connectivity index is 1.70. The summed E-state index contributed by atoms with van der Waals surface area (Å²) >= 11 is 0. The highest BCUT2D eigenvalue weighted by atomic mass is 19.1. The maximum atomic E-state index is 13.3. The minimum absolute atomic E-state index is 0.127. The van der Waals surface area contributed by atoms with Crippen LogP contribution in [0.2, 0.25) is 0 Å². The first-order valence-electron chi connectivity index (χ1n) is 11.5. The van der Waals surface area contributed by atoms with Gasteiger partial charge in [0.25, 0.3) is 0 Å². The van der Waals surface area contributed by atoms with Gasteiger partial charge < -0.3 is 20.1 Å². The summed E-state index contributed by atoms with van der Waals surface area (Å²) in [6, 6.07) is 20.7. The maximum Gasteiger partial charge on any atom is 0.328 e. The lowest BCUT2D eigenvalue weighted by Crippen LogP contribution is -2.53. The van der Waals surface area contributed by atoms with Crippen LogP contribution in [0.1, 0.15) is 23.6 Å². The third-order valence-electron chi connectivity index (χ3n) is 5.44. The second-order valence-corrected chi connectivity index (χ2v) is 8.29. The fraction of sp³-hybridized carbons (Fsp3) is 0.250. The molecule has 8 heteroatoms. The van der Waals surface area contributed by atoms with Crippen molar-refractivity contribution in [2.45, 2.75) is 38.5 Å². The largest absolute Gasteiger partial charge is 0.489 e. The van der Waals surface area contributed by atoms with Crippen molar-refractivity contribution in [2.75, 3.05) is 7.11 Å². The van der Waals surface area contributed by atoms with Gasteiger partial charge in [-0.2, -0.15) is 0 Å². The van der Waals surface area contributed by atoms with Crippen molar-refractivity contribution in [1.29, 1.82) is 0 Å². The number of hydrogen-bond donors (Lipinski definition) is 2. The average molecular weight is 493 g/mol. The first kappa shape index (κ1) is 26.4. The lowest BCUT2D eigenvalue weighted by atomic mass is 10.0. The van der Waals surface area contributed by atoms with Crippen LogP contribution in [0.5, 0.6) is 5.75 Å². The zero-order valence-corrected chi connectivity index (χ0v) is 20.2. The molecular weight excluding hydrogens is 463 g/mol. The highest BCUT2D eigenvalue weighted by Gasteiger charge is 2.27. The normalized spacial score (nSPS) is 12.2. The van der Waals surface area contributed by atoms with Gasteiger partial charge in [0.05, 0.1) is 7.11 Å². The van der Waals surface area contributed by atoms with Gasteiger partial charge in [0.2, 0.25) is 11.8 Å². The molecule has 0 aliphatic carbocycles. The molecule has 0 fully saturated rings. The van der Waals surface area contributed by atoms with Gasteiger partial charge in [-0.3, -0.25) is 9.59 Å². The molecule has 3 rings (SSSR count). The van der Waals surface area contributed by atoms with E-state index >= 15 is 0 Å². The van der Waals surface area contributed by atoms with E-state index in [1.54, 1.807) is 12.1 Å². The first-order valence-corrected chi connectivity index (χ1v) is 11.5. The van der Waals surface area contributed by atoms with Gasteiger partial charge >= 0.3 is 5.97 Å². The van der Waals surface area contributed by atoms with E-state index < -0.39 is 35.7 Å². The number of hydrogen-bond acceptors (Lipinski definition) is 5. The SMILES string of the molecule is COC(=O)[C@H](Cc1cccc(OCc2ccccc2)c1)NC(=O)[C@@H](Cc1ccc(F)cc1)NC(C)=O. The Labute approximate surface area is 209 Å². The highest BCUT2D eigenvalue weighted by molar-refractivity contribution is 5.90. The van der Waals surface area contributed by atoms with Crippen LogP contribution in [0.15, 0.2) is 78.9 Å². The smallest absolute Gasteiger partial charge is 0.328 e. The third kappa shape index (κ3) is 8.23. The van der Waals surface area contributed by atoms with Crippen LogP contribution in [0.4, 0.5) is 4.39 Å². The van der Waals surface area contributed by atoms with E-state index in [0.29, 0.717) is 17.9 Å². The molecule has 188 valence electrons. The van der Waals surface area contributed by atoms with Gasteiger partial charge in [0.15, 0.2) is 0 Å². The molecule has 0 aromatic heterocycles. The molecule has 7 nitrogen and oxygen atoms in total. The fourth-order valence-corrected chi connectivity index (χ4v) is 3.66. The summed E-state index contributed by atoms with van der Waals surface area (Å²) in [6.45, 7) is 1.69. The Morgan fingerprint density at radius 1 is 0.806 bits per heavy atom. The van der Waals surface area contributed by atoms with E-state index in [9.17, 15) is 18.8 Å². The zero-order chi connectivity index (χ0) is 25.9. The number of ether oxygens (including phenoxy) is 2. The Hall–Kier alpha value is -4.20. The molecule has 0 aliphatic heterocycles. The van der Waals surface area contributed by atoms with E-state index in [1.165, 1.54) is 38.3 Å². The van der Waals surface area contributed by atoms with E-state index in [0.717, 1.165) is 11.1 Å². The number of halogens is 1. The van der Waals surface area contributed by atoms with E-state index in [-0.39, 0.29) is 12.8 Å². The van der Waals surface area contributed by atoms with Crippen molar-refractivity contribution in [2.24, 2.45) is 0 Å². The molecule has 2 N–H and O–H groups in total. The van der Waals surface area contributed by atoms with Crippen LogP contribution in [-0.2, 0) is 38.6 Å². The highest BCUT2D eigenvalue weighted by Crippen LogP contribution is 2.17. The van der Waals surface area contributed by atoms with E-state index in [1.807, 2.05) is 42.5 Å². The molecule has 3 aromatic carbocycles. The molecule has 0 saturated heterocycles. The minimum atomic E-state index is -0.989. The Kier molecular flexibility index (Phi) is 9.56. The predicted octanol–water partition coefficient (Wildman–Crippen LogP) is 3.35. The van der Waals surface area contributed by atoms with E-state index in [2.05, 4.69) is 10.6 Å². The van der Waals surface area contributed by atoms with Gasteiger partial charge in [-0.25, -0.2) is 9.18 Å². The molecule has 0 spiro atoms. The van der Waals surface area contributed by atoms with Crippen molar-refractivity contribution in [3.63, 3.8) is 0 Å². The molecule has 0 radical (unpaired) electrons. The molecule has 3 aromatic rings. The lowest BCUT2D eigenvalue weighted by molar-refractivity contribution is -0.145. The summed E-state index contributed by atoms with van der Waals surface area (Å²) in [5.74, 6) is -1.36. The van der Waals surface area contributed by atoms with Crippen molar-refractivity contribution in [3.8, 4) is 5.75 Å². The summed E-state index contributed by atoms with van der Waals surface area (Å²) < 4.78 is 24.0. The lowest BCUT2D eigenvalue weighted by Gasteiger charge is -2.22. The van der Waals surface area contributed by atoms with Crippen LogP contribution in [0, 0.1) is 5.82 Å². The second-order valence-electron chi connectivity index (χ2n) is 8.29. The molecule has 2 amide bonds. The monoisotopic (exact) mass is 492 g/mol. The zero-order valence-electron chi connectivity index (χ0n) is 20.2. The van der Waals surface area contributed by atoms with E-state index in [4.69, 9.17) is 9.47 Å². The summed E-state index contributed by atoms with van der Waals surface area (Å²) in [7, 11) is 1.24. The maximum absolute atomic E-state index is 13.3. The van der Waals surface area contributed by atoms with Crippen molar-refractivity contribution in [3.05, 3.63) is 101 Å². The number of methoxy groups -OCH3 is 1. The number of carbonyl (C=O) groups is 3. The summed E-state index contributed by atoms with van der Waals surface area (Å²) in [5.41, 5.74) is 2.43. The standard InChI is InChI=1S/C28H29FN2O5/c1-19(32)30-25(16-20-11-13-23(29)14-12-20)27(33)31-26(28(34)35-2)17-22-9-6-10-24(15-22)36-18-21-7-4-3-5-8-21/h3-15,25-26H,16-18H2,1-2H3,(H,30,32)(H,31,33)/t25-,26+/m1/s1. The number of nitrogens with one attached hydrogen (secondary N) is 2. The minimum Gasteiger partial charge on any atom is -0.489 e. The summed E-state index contributed by atoms with van der Waals surface area (Å²) in [6.07, 6.45) is 0.284. The molecule has 36 heavy (non-hydrogen) atoms. The van der Waals surface area contributed by atoms with Gasteiger partial charge in [-0.05, 0) is 41.0 Å². The number of esters is 1. The molecular formula is C28H29FN2O5. The van der Waals surface area contributed by atoms with Crippen molar-refractivity contribution < 1.29 is 28.2 Å². The van der Waals surface area contributed by atoms with Gasteiger partial charge in [-0.15, -0.1) is 0 Å². The Bertz CT molecular complexity index is 1170. The summed E-state index contributed by atoms with van der Waals surface area (Å²) in [5, 5.41) is 5.28. The van der Waals surface area contributed by atoms with Gasteiger partial charge in [0, 0.05) is 19.8 Å². The van der Waals surface area contributed by atoms with Crippen LogP contribution in [0.3, 0.4) is 0 Å². The number of carbonyl (C=O) groups excluding carboxylic acids is 3. The van der Waals surface area contributed by atoms with Gasteiger partial charge in [0.1, 0.15) is 30.3 Å². The number of benzene rings is 3. The fourth-order valence-electron chi connectivity index (χ4n) is 3.66. The Morgan fingerprint density at radius 3 is 2.14 bits per heavy atom. The topological polar surface area (TPSA) is 93.7 Å². The first-order chi connectivity index (χ1) is 17.3. The van der Waals surface area contributed by atoms with Crippen LogP contribution >= 0.6 is 0 Å². The van der Waals surface area contributed by atoms with Gasteiger partial charge in [-0.1, -0.05) is 54.6 Å². The predicted molar refractivity (Wildman–Crippen MR) is 133 cm³/mol. The molecule has 0 bridgehead atoms. The molecule has 0 saturated carbocycles. The average Bonchev–Trinajstić information content (AvgIpc) is 2.88. The van der Waals surface area contributed by atoms with Crippen LogP contribution in [0.25, 0.3) is 0 Å². The quantitative estimate of drug-likeness (QED) is 0.401. The van der Waals surface area contributed by atoms with Crippen molar-refractivity contribution in [1.82, 2.24) is 10.6 Å². The second kappa shape index (κ2) is 13.0. The Morgan fingerprint density at radius 2 is 1.47 bits per heavy atom. The third-order valence-corrected chi connectivity index (χ3v) is 5.44. The molecule has 0 aliphatic rings. The van der Waals surface area contributed by atoms with Crippen LogP contribution < -0.4 is 15.4 Å². The number of amides is 2. The van der Waals surface area contributed by atoms with Crippen molar-refractivity contribution >= 4 is 17.8 Å².